The Balaban J connectivity index is 1.74. The minimum Gasteiger partial charge on any atom is -0.469 e. The lowest BCUT2D eigenvalue weighted by molar-refractivity contribution is -0.163. The molecule has 0 saturated carbocycles. The molecule has 12 heteroatoms. The highest BCUT2D eigenvalue weighted by molar-refractivity contribution is 7.99. The molecule has 0 aromatic heterocycles. The summed E-state index contributed by atoms with van der Waals surface area (Å²) in [6.45, 7) is 4.50. The number of urea groups is 1. The SMILES string of the molecule is COC(=O)Cc1cccc(NC(=O)NCC(=O)N2[C@@H](c3cccc(F)c3F)SC[C@H]2C(=O)OC(C)(C)C)c1. The third-order valence-corrected chi connectivity index (χ3v) is 6.68. The molecule has 3 amide bonds. The number of nitrogens with one attached hydrogen (secondary N) is 2. The van der Waals surface area contributed by atoms with Gasteiger partial charge < -0.3 is 25.0 Å². The number of amides is 3. The van der Waals surface area contributed by atoms with Gasteiger partial charge in [-0.3, -0.25) is 9.59 Å². The molecule has 0 radical (unpaired) electrons. The zero-order valence-corrected chi connectivity index (χ0v) is 22.2. The summed E-state index contributed by atoms with van der Waals surface area (Å²) in [5.41, 5.74) is 0.0554. The van der Waals surface area contributed by atoms with E-state index in [4.69, 9.17) is 4.74 Å². The van der Waals surface area contributed by atoms with Crippen LogP contribution in [0.1, 0.15) is 37.3 Å². The molecule has 2 aromatic rings. The third-order valence-electron chi connectivity index (χ3n) is 5.38. The molecule has 38 heavy (non-hydrogen) atoms. The monoisotopic (exact) mass is 549 g/mol. The predicted octanol–water partition coefficient (Wildman–Crippen LogP) is 3.79. The zero-order valence-electron chi connectivity index (χ0n) is 21.4. The molecule has 3 rings (SSSR count). The van der Waals surface area contributed by atoms with Crippen LogP contribution in [0.25, 0.3) is 0 Å². The molecule has 0 aliphatic carbocycles. The van der Waals surface area contributed by atoms with Gasteiger partial charge in [0.05, 0.1) is 20.1 Å². The van der Waals surface area contributed by atoms with Crippen molar-refractivity contribution in [2.75, 3.05) is 24.7 Å². The minimum atomic E-state index is -1.12. The number of thioether (sulfide) groups is 1. The Bertz CT molecular complexity index is 1220. The van der Waals surface area contributed by atoms with Gasteiger partial charge >= 0.3 is 18.0 Å². The van der Waals surface area contributed by atoms with Gasteiger partial charge in [0.15, 0.2) is 11.6 Å². The number of nitrogens with zero attached hydrogens (tertiary/aromatic N) is 1. The van der Waals surface area contributed by atoms with Crippen LogP contribution in [0.3, 0.4) is 0 Å². The number of benzene rings is 2. The number of halogens is 2. The first-order valence-electron chi connectivity index (χ1n) is 11.7. The molecule has 1 heterocycles. The van der Waals surface area contributed by atoms with E-state index in [1.807, 2.05) is 0 Å². The number of hydrogen-bond donors (Lipinski definition) is 2. The van der Waals surface area contributed by atoms with E-state index >= 15 is 0 Å². The molecule has 0 spiro atoms. The lowest BCUT2D eigenvalue weighted by Crippen LogP contribution is -2.49. The fourth-order valence-electron chi connectivity index (χ4n) is 3.73. The van der Waals surface area contributed by atoms with Crippen LogP contribution in [0, 0.1) is 11.6 Å². The molecule has 1 aliphatic heterocycles. The van der Waals surface area contributed by atoms with Crippen molar-refractivity contribution in [1.82, 2.24) is 10.2 Å². The molecule has 2 atom stereocenters. The van der Waals surface area contributed by atoms with Gasteiger partial charge in [0.25, 0.3) is 0 Å². The molecule has 1 aliphatic rings. The summed E-state index contributed by atoms with van der Waals surface area (Å²) in [6, 6.07) is 8.34. The van der Waals surface area contributed by atoms with Crippen LogP contribution in [-0.4, -0.2) is 59.8 Å². The molecule has 204 valence electrons. The summed E-state index contributed by atoms with van der Waals surface area (Å²) in [5, 5.41) is 3.98. The summed E-state index contributed by atoms with van der Waals surface area (Å²) in [5.74, 6) is -3.92. The van der Waals surface area contributed by atoms with Crippen LogP contribution in [0.15, 0.2) is 42.5 Å². The van der Waals surface area contributed by atoms with Gasteiger partial charge in [-0.15, -0.1) is 11.8 Å². The van der Waals surface area contributed by atoms with Crippen molar-refractivity contribution < 1.29 is 37.4 Å². The Morgan fingerprint density at radius 2 is 1.82 bits per heavy atom. The Hall–Kier alpha value is -3.67. The Morgan fingerprint density at radius 3 is 2.50 bits per heavy atom. The van der Waals surface area contributed by atoms with Crippen molar-refractivity contribution in [2.45, 2.75) is 44.2 Å². The first kappa shape index (κ1) is 28.9. The lowest BCUT2D eigenvalue weighted by atomic mass is 10.1. The average molecular weight is 550 g/mol. The Kier molecular flexibility index (Phi) is 9.31. The number of methoxy groups -OCH3 is 1. The van der Waals surface area contributed by atoms with Crippen molar-refractivity contribution in [1.29, 1.82) is 0 Å². The molecule has 0 unspecified atom stereocenters. The fourth-order valence-corrected chi connectivity index (χ4v) is 5.18. The van der Waals surface area contributed by atoms with Gasteiger partial charge in [-0.2, -0.15) is 0 Å². The molecule has 0 bridgehead atoms. The van der Waals surface area contributed by atoms with Crippen molar-refractivity contribution in [3.63, 3.8) is 0 Å². The molecule has 9 nitrogen and oxygen atoms in total. The average Bonchev–Trinajstić information content (AvgIpc) is 3.28. The maximum Gasteiger partial charge on any atom is 0.330 e. The second kappa shape index (κ2) is 12.2. The van der Waals surface area contributed by atoms with E-state index in [9.17, 15) is 28.0 Å². The minimum absolute atomic E-state index is 0.0167. The van der Waals surface area contributed by atoms with Crippen LogP contribution >= 0.6 is 11.8 Å². The van der Waals surface area contributed by atoms with Crippen molar-refractivity contribution in [3.05, 3.63) is 65.2 Å². The number of carbonyl (C=O) groups excluding carboxylic acids is 4. The van der Waals surface area contributed by atoms with E-state index in [1.165, 1.54) is 19.2 Å². The number of hydrogen-bond acceptors (Lipinski definition) is 7. The number of esters is 2. The highest BCUT2D eigenvalue weighted by Crippen LogP contribution is 2.43. The van der Waals surface area contributed by atoms with E-state index < -0.39 is 59.1 Å². The molecule has 1 fully saturated rings. The molecular formula is C26H29F2N3O6S. The lowest BCUT2D eigenvalue weighted by Gasteiger charge is -2.30. The number of anilines is 1. The van der Waals surface area contributed by atoms with Crippen LogP contribution < -0.4 is 10.6 Å². The topological polar surface area (TPSA) is 114 Å². The largest absolute Gasteiger partial charge is 0.469 e. The predicted molar refractivity (Wildman–Crippen MR) is 137 cm³/mol. The van der Waals surface area contributed by atoms with E-state index in [2.05, 4.69) is 15.4 Å². The van der Waals surface area contributed by atoms with Crippen molar-refractivity contribution >= 4 is 41.3 Å². The molecule has 2 N–H and O–H groups in total. The Labute approximate surface area is 223 Å². The van der Waals surface area contributed by atoms with Gasteiger partial charge in [0.1, 0.15) is 17.0 Å². The second-order valence-corrected chi connectivity index (χ2v) is 10.6. The van der Waals surface area contributed by atoms with Gasteiger partial charge in [0, 0.05) is 17.0 Å². The second-order valence-electron chi connectivity index (χ2n) is 9.44. The maximum absolute atomic E-state index is 14.6. The summed E-state index contributed by atoms with van der Waals surface area (Å²) in [6.07, 6.45) is 0.0167. The first-order valence-corrected chi connectivity index (χ1v) is 12.7. The summed E-state index contributed by atoms with van der Waals surface area (Å²) < 4.78 is 38.7. The zero-order chi connectivity index (χ0) is 28.0. The summed E-state index contributed by atoms with van der Waals surface area (Å²) in [4.78, 5) is 51.2. The molecule has 1 saturated heterocycles. The highest BCUT2D eigenvalue weighted by Gasteiger charge is 2.45. The van der Waals surface area contributed by atoms with E-state index in [0.717, 1.165) is 22.7 Å². The maximum atomic E-state index is 14.6. The first-order chi connectivity index (χ1) is 17.9. The van der Waals surface area contributed by atoms with E-state index in [1.54, 1.807) is 45.0 Å². The van der Waals surface area contributed by atoms with Gasteiger partial charge in [-0.25, -0.2) is 18.4 Å². The fraction of sp³-hybridized carbons (Fsp3) is 0.385. The Morgan fingerprint density at radius 1 is 1.11 bits per heavy atom. The van der Waals surface area contributed by atoms with Crippen molar-refractivity contribution in [2.24, 2.45) is 0 Å². The van der Waals surface area contributed by atoms with Crippen LogP contribution in [0.4, 0.5) is 19.3 Å². The standard InChI is InChI=1S/C26H29F2N3O6S/c1-26(2,3)37-24(34)19-14-38-23(17-9-6-10-18(27)22(17)28)31(19)20(32)13-29-25(35)30-16-8-5-7-15(11-16)12-21(33)36-4/h5-11,19,23H,12-14H2,1-4H3,(H2,29,30,35)/t19-,23+/m0/s1. The molecular weight excluding hydrogens is 520 g/mol. The van der Waals surface area contributed by atoms with Gasteiger partial charge in [-0.05, 0) is 44.5 Å². The third kappa shape index (κ3) is 7.44. The summed E-state index contributed by atoms with van der Waals surface area (Å²) >= 11 is 1.09. The highest BCUT2D eigenvalue weighted by atomic mass is 32.2. The number of rotatable bonds is 7. The molecule has 2 aromatic carbocycles. The summed E-state index contributed by atoms with van der Waals surface area (Å²) in [7, 11) is 1.27. The smallest absolute Gasteiger partial charge is 0.330 e. The van der Waals surface area contributed by atoms with Crippen LogP contribution in [0.5, 0.6) is 0 Å². The van der Waals surface area contributed by atoms with Gasteiger partial charge in [-0.1, -0.05) is 24.3 Å². The van der Waals surface area contributed by atoms with E-state index in [-0.39, 0.29) is 17.7 Å². The van der Waals surface area contributed by atoms with Crippen molar-refractivity contribution in [3.8, 4) is 0 Å². The van der Waals surface area contributed by atoms with Gasteiger partial charge in [0.2, 0.25) is 5.91 Å². The van der Waals surface area contributed by atoms with Crippen LogP contribution in [0.2, 0.25) is 0 Å². The normalized spacial score (nSPS) is 17.1. The number of ether oxygens (including phenoxy) is 2. The number of carbonyl (C=O) groups is 4. The van der Waals surface area contributed by atoms with E-state index in [0.29, 0.717) is 11.3 Å². The van der Waals surface area contributed by atoms with Crippen LogP contribution in [-0.2, 0) is 30.3 Å². The quantitative estimate of drug-likeness (QED) is 0.505.